The van der Waals surface area contributed by atoms with Crippen molar-refractivity contribution < 1.29 is 14.6 Å². The van der Waals surface area contributed by atoms with E-state index in [1.807, 2.05) is 0 Å². The Morgan fingerprint density at radius 2 is 2.15 bits per heavy atom. The fraction of sp³-hybridized carbons (Fsp3) is 1.00. The van der Waals surface area contributed by atoms with Crippen molar-refractivity contribution in [3.63, 3.8) is 0 Å². The predicted octanol–water partition coefficient (Wildman–Crippen LogP) is -0.279. The summed E-state index contributed by atoms with van der Waals surface area (Å²) in [5.74, 6) is -0.225. The van der Waals surface area contributed by atoms with Gasteiger partial charge in [-0.3, -0.25) is 0 Å². The van der Waals surface area contributed by atoms with E-state index in [1.165, 1.54) is 0 Å². The normalized spacial score (nSPS) is 40.8. The molecular formula is C9H17NO3. The number of hydrogen-bond acceptors (Lipinski definition) is 4. The molecule has 2 aliphatic rings. The van der Waals surface area contributed by atoms with Crippen molar-refractivity contribution in [3.8, 4) is 0 Å². The molecular weight excluding hydrogens is 170 g/mol. The largest absolute Gasteiger partial charge is 0.396 e. The number of aliphatic hydroxyl groups excluding tert-OH is 1. The van der Waals surface area contributed by atoms with Crippen LogP contribution in [0.2, 0.25) is 0 Å². The van der Waals surface area contributed by atoms with Gasteiger partial charge in [0.1, 0.15) is 0 Å². The zero-order valence-corrected chi connectivity index (χ0v) is 7.79. The van der Waals surface area contributed by atoms with Crippen molar-refractivity contribution in [3.05, 3.63) is 0 Å². The van der Waals surface area contributed by atoms with Crippen molar-refractivity contribution in [2.75, 3.05) is 32.9 Å². The van der Waals surface area contributed by atoms with Crippen molar-refractivity contribution in [2.45, 2.75) is 18.6 Å². The first-order valence-electron chi connectivity index (χ1n) is 4.94. The maximum absolute atomic E-state index is 8.90. The van der Waals surface area contributed by atoms with Crippen LogP contribution in [0.1, 0.15) is 12.8 Å². The zero-order valence-electron chi connectivity index (χ0n) is 7.79. The second-order valence-electron chi connectivity index (χ2n) is 3.86. The summed E-state index contributed by atoms with van der Waals surface area (Å²) in [7, 11) is 0. The number of nitrogens with one attached hydrogen (secondary N) is 1. The van der Waals surface area contributed by atoms with Gasteiger partial charge in [-0.2, -0.15) is 0 Å². The lowest BCUT2D eigenvalue weighted by atomic mass is 10.0. The Kier molecular flexibility index (Phi) is 2.83. The molecule has 0 saturated carbocycles. The van der Waals surface area contributed by atoms with Crippen LogP contribution in [0.4, 0.5) is 0 Å². The second-order valence-corrected chi connectivity index (χ2v) is 3.86. The summed E-state index contributed by atoms with van der Waals surface area (Å²) in [4.78, 5) is 0. The van der Waals surface area contributed by atoms with Crippen molar-refractivity contribution in [1.82, 2.24) is 5.32 Å². The molecule has 0 radical (unpaired) electrons. The summed E-state index contributed by atoms with van der Waals surface area (Å²) < 4.78 is 11.3. The van der Waals surface area contributed by atoms with Crippen LogP contribution in [-0.4, -0.2) is 43.8 Å². The molecule has 76 valence electrons. The van der Waals surface area contributed by atoms with Gasteiger partial charge in [0.25, 0.3) is 0 Å². The maximum Gasteiger partial charge on any atom is 0.180 e. The van der Waals surface area contributed by atoms with Crippen LogP contribution >= 0.6 is 0 Å². The molecule has 2 N–H and O–H groups in total. The van der Waals surface area contributed by atoms with Gasteiger partial charge in [0.05, 0.1) is 19.8 Å². The molecule has 1 spiro atoms. The minimum Gasteiger partial charge on any atom is -0.396 e. The molecule has 2 heterocycles. The Bertz CT molecular complexity index is 158. The van der Waals surface area contributed by atoms with E-state index in [0.717, 1.165) is 25.9 Å². The molecule has 0 aromatic carbocycles. The van der Waals surface area contributed by atoms with Gasteiger partial charge in [0.15, 0.2) is 5.79 Å². The summed E-state index contributed by atoms with van der Waals surface area (Å²) in [5, 5.41) is 12.2. The first kappa shape index (κ1) is 9.40. The molecule has 0 bridgehead atoms. The number of piperidine rings is 1. The Morgan fingerprint density at radius 3 is 2.69 bits per heavy atom. The Morgan fingerprint density at radius 1 is 1.38 bits per heavy atom. The van der Waals surface area contributed by atoms with Gasteiger partial charge in [0.2, 0.25) is 0 Å². The van der Waals surface area contributed by atoms with Gasteiger partial charge in [-0.1, -0.05) is 0 Å². The quantitative estimate of drug-likeness (QED) is 0.593. The van der Waals surface area contributed by atoms with Crippen molar-refractivity contribution >= 4 is 0 Å². The van der Waals surface area contributed by atoms with Crippen LogP contribution in [-0.2, 0) is 9.47 Å². The molecule has 0 aliphatic carbocycles. The fourth-order valence-corrected chi connectivity index (χ4v) is 1.83. The van der Waals surface area contributed by atoms with E-state index in [0.29, 0.717) is 13.2 Å². The van der Waals surface area contributed by atoms with Gasteiger partial charge in [0, 0.05) is 18.9 Å². The van der Waals surface area contributed by atoms with Gasteiger partial charge in [-0.25, -0.2) is 0 Å². The highest BCUT2D eigenvalue weighted by atomic mass is 16.7. The summed E-state index contributed by atoms with van der Waals surface area (Å²) in [5.41, 5.74) is 0. The SMILES string of the molecule is OCC1COC2(CCCNC2)OC1. The lowest BCUT2D eigenvalue weighted by Gasteiger charge is -2.42. The Hall–Kier alpha value is -0.160. The zero-order chi connectivity index (χ0) is 9.15. The van der Waals surface area contributed by atoms with Gasteiger partial charge >= 0.3 is 0 Å². The predicted molar refractivity (Wildman–Crippen MR) is 47.3 cm³/mol. The molecule has 0 atom stereocenters. The monoisotopic (exact) mass is 187 g/mol. The van der Waals surface area contributed by atoms with Gasteiger partial charge in [-0.15, -0.1) is 0 Å². The van der Waals surface area contributed by atoms with E-state index in [2.05, 4.69) is 5.32 Å². The van der Waals surface area contributed by atoms with E-state index in [1.54, 1.807) is 0 Å². The lowest BCUT2D eigenvalue weighted by molar-refractivity contribution is -0.290. The molecule has 4 heteroatoms. The van der Waals surface area contributed by atoms with Crippen LogP contribution in [0.25, 0.3) is 0 Å². The highest BCUT2D eigenvalue weighted by molar-refractivity contribution is 4.82. The molecule has 2 rings (SSSR count). The molecule has 2 aliphatic heterocycles. The second kappa shape index (κ2) is 3.92. The molecule has 0 aromatic rings. The maximum atomic E-state index is 8.90. The number of rotatable bonds is 1. The first-order valence-corrected chi connectivity index (χ1v) is 4.94. The Labute approximate surface area is 78.2 Å². The molecule has 2 fully saturated rings. The third-order valence-electron chi connectivity index (χ3n) is 2.73. The third kappa shape index (κ3) is 2.02. The number of ether oxygens (including phenoxy) is 2. The van der Waals surface area contributed by atoms with Crippen LogP contribution in [0.5, 0.6) is 0 Å². The smallest absolute Gasteiger partial charge is 0.180 e. The summed E-state index contributed by atoms with van der Waals surface area (Å²) in [6.45, 7) is 3.24. The highest BCUT2D eigenvalue weighted by Crippen LogP contribution is 2.27. The summed E-state index contributed by atoms with van der Waals surface area (Å²) >= 11 is 0. The third-order valence-corrected chi connectivity index (χ3v) is 2.73. The van der Waals surface area contributed by atoms with Crippen molar-refractivity contribution in [1.29, 1.82) is 0 Å². The minimum absolute atomic E-state index is 0.156. The van der Waals surface area contributed by atoms with Gasteiger partial charge < -0.3 is 19.9 Å². The minimum atomic E-state index is -0.385. The van der Waals surface area contributed by atoms with Crippen LogP contribution in [0.3, 0.4) is 0 Å². The van der Waals surface area contributed by atoms with E-state index < -0.39 is 0 Å². The highest BCUT2D eigenvalue weighted by Gasteiger charge is 2.38. The molecule has 13 heavy (non-hydrogen) atoms. The van der Waals surface area contributed by atoms with E-state index in [9.17, 15) is 0 Å². The van der Waals surface area contributed by atoms with E-state index >= 15 is 0 Å². The number of hydrogen-bond donors (Lipinski definition) is 2. The Balaban J connectivity index is 1.87. The average Bonchev–Trinajstić information content (AvgIpc) is 2.20. The van der Waals surface area contributed by atoms with Crippen LogP contribution in [0.15, 0.2) is 0 Å². The fourth-order valence-electron chi connectivity index (χ4n) is 1.83. The van der Waals surface area contributed by atoms with Crippen LogP contribution < -0.4 is 5.32 Å². The van der Waals surface area contributed by atoms with E-state index in [4.69, 9.17) is 14.6 Å². The van der Waals surface area contributed by atoms with E-state index in [-0.39, 0.29) is 18.3 Å². The average molecular weight is 187 g/mol. The van der Waals surface area contributed by atoms with Gasteiger partial charge in [-0.05, 0) is 13.0 Å². The molecule has 0 amide bonds. The molecule has 0 unspecified atom stereocenters. The van der Waals surface area contributed by atoms with Crippen molar-refractivity contribution in [2.24, 2.45) is 5.92 Å². The molecule has 4 nitrogen and oxygen atoms in total. The molecule has 0 aromatic heterocycles. The first-order chi connectivity index (χ1) is 6.35. The van der Waals surface area contributed by atoms with Crippen LogP contribution in [0, 0.1) is 5.92 Å². The standard InChI is InChI=1S/C9H17NO3/c11-4-8-5-12-9(13-6-8)2-1-3-10-7-9/h8,10-11H,1-7H2. The summed E-state index contributed by atoms with van der Waals surface area (Å²) in [6, 6.07) is 0. The summed E-state index contributed by atoms with van der Waals surface area (Å²) in [6.07, 6.45) is 2.07. The number of aliphatic hydroxyl groups is 1. The topological polar surface area (TPSA) is 50.7 Å². The molecule has 2 saturated heterocycles. The lowest BCUT2D eigenvalue weighted by Crippen LogP contribution is -2.54.